The Labute approximate surface area is 91.6 Å². The van der Waals surface area contributed by atoms with Gasteiger partial charge in [-0.2, -0.15) is 0 Å². The molecule has 2 nitrogen and oxygen atoms in total. The van der Waals surface area contributed by atoms with Crippen LogP contribution in [0, 0.1) is 20.8 Å². The number of rotatable bonds is 3. The molecular formula is C13H20O2. The molecule has 0 heterocycles. The highest BCUT2D eigenvalue weighted by Crippen LogP contribution is 2.18. The summed E-state index contributed by atoms with van der Waals surface area (Å²) in [4.78, 5) is 0. The smallest absolute Gasteiger partial charge is 0.0836 e. The standard InChI is InChI=1S/C13H20O2/c1-8-5-9(2)12(10(3)6-8)7-13(15)11(4)14/h5-6,11,13-15H,7H2,1-4H3. The second-order valence-corrected chi connectivity index (χ2v) is 4.39. The number of hydrogen-bond donors (Lipinski definition) is 2. The van der Waals surface area contributed by atoms with E-state index in [1.54, 1.807) is 6.92 Å². The van der Waals surface area contributed by atoms with E-state index in [1.165, 1.54) is 16.7 Å². The number of aliphatic hydroxyl groups excluding tert-OH is 2. The van der Waals surface area contributed by atoms with Crippen LogP contribution in [0.25, 0.3) is 0 Å². The average Bonchev–Trinajstić information content (AvgIpc) is 2.10. The van der Waals surface area contributed by atoms with Crippen LogP contribution >= 0.6 is 0 Å². The van der Waals surface area contributed by atoms with Crippen LogP contribution in [-0.2, 0) is 6.42 Å². The van der Waals surface area contributed by atoms with Crippen molar-refractivity contribution >= 4 is 0 Å². The topological polar surface area (TPSA) is 40.5 Å². The Bertz CT molecular complexity index is 319. The van der Waals surface area contributed by atoms with Crippen LogP contribution in [0.4, 0.5) is 0 Å². The van der Waals surface area contributed by atoms with Crippen molar-refractivity contribution in [1.82, 2.24) is 0 Å². The third-order valence-corrected chi connectivity index (χ3v) is 2.81. The first-order valence-electron chi connectivity index (χ1n) is 5.34. The molecule has 0 aliphatic rings. The molecule has 2 atom stereocenters. The number of aliphatic hydroxyl groups is 2. The normalized spacial score (nSPS) is 15.1. The van der Waals surface area contributed by atoms with Crippen molar-refractivity contribution in [3.63, 3.8) is 0 Å². The van der Waals surface area contributed by atoms with Crippen LogP contribution in [0.5, 0.6) is 0 Å². The second-order valence-electron chi connectivity index (χ2n) is 4.39. The Morgan fingerprint density at radius 2 is 1.53 bits per heavy atom. The summed E-state index contributed by atoms with van der Waals surface area (Å²) >= 11 is 0. The highest BCUT2D eigenvalue weighted by Gasteiger charge is 2.14. The molecule has 1 rings (SSSR count). The van der Waals surface area contributed by atoms with Gasteiger partial charge in [0.2, 0.25) is 0 Å². The van der Waals surface area contributed by atoms with E-state index in [1.807, 2.05) is 13.8 Å². The largest absolute Gasteiger partial charge is 0.391 e. The summed E-state index contributed by atoms with van der Waals surface area (Å²) in [6.45, 7) is 7.77. The first-order chi connectivity index (χ1) is 6.91. The molecule has 0 radical (unpaired) electrons. The minimum absolute atomic E-state index is 0.523. The molecule has 0 bridgehead atoms. The van der Waals surface area contributed by atoms with Gasteiger partial charge in [0.05, 0.1) is 12.2 Å². The lowest BCUT2D eigenvalue weighted by atomic mass is 9.94. The lowest BCUT2D eigenvalue weighted by Gasteiger charge is -2.17. The highest BCUT2D eigenvalue weighted by molar-refractivity contribution is 5.37. The number of hydrogen-bond acceptors (Lipinski definition) is 2. The maximum absolute atomic E-state index is 9.65. The van der Waals surface area contributed by atoms with Crippen molar-refractivity contribution in [2.45, 2.75) is 46.3 Å². The van der Waals surface area contributed by atoms with Crippen LogP contribution < -0.4 is 0 Å². The van der Waals surface area contributed by atoms with Crippen molar-refractivity contribution in [3.8, 4) is 0 Å². The summed E-state index contributed by atoms with van der Waals surface area (Å²) in [5, 5.41) is 18.9. The molecule has 0 aliphatic carbocycles. The van der Waals surface area contributed by atoms with Gasteiger partial charge in [0.25, 0.3) is 0 Å². The van der Waals surface area contributed by atoms with Crippen molar-refractivity contribution in [2.75, 3.05) is 0 Å². The number of aryl methyl sites for hydroxylation is 3. The molecular weight excluding hydrogens is 188 g/mol. The minimum Gasteiger partial charge on any atom is -0.391 e. The third-order valence-electron chi connectivity index (χ3n) is 2.81. The molecule has 2 N–H and O–H groups in total. The van der Waals surface area contributed by atoms with E-state index in [0.717, 1.165) is 5.56 Å². The van der Waals surface area contributed by atoms with Crippen molar-refractivity contribution in [3.05, 3.63) is 34.4 Å². The van der Waals surface area contributed by atoms with Gasteiger partial charge in [-0.15, -0.1) is 0 Å². The zero-order valence-electron chi connectivity index (χ0n) is 9.91. The summed E-state index contributed by atoms with van der Waals surface area (Å²) in [5.74, 6) is 0. The first-order valence-corrected chi connectivity index (χ1v) is 5.34. The van der Waals surface area contributed by atoms with Crippen molar-refractivity contribution in [1.29, 1.82) is 0 Å². The second kappa shape index (κ2) is 4.77. The van der Waals surface area contributed by atoms with Gasteiger partial charge < -0.3 is 10.2 Å². The summed E-state index contributed by atoms with van der Waals surface area (Å²) in [7, 11) is 0. The molecule has 0 fully saturated rings. The summed E-state index contributed by atoms with van der Waals surface area (Å²) in [5.41, 5.74) is 4.76. The molecule has 2 heteroatoms. The van der Waals surface area contributed by atoms with E-state index < -0.39 is 12.2 Å². The van der Waals surface area contributed by atoms with Gasteiger partial charge in [0.1, 0.15) is 0 Å². The molecule has 0 spiro atoms. The van der Waals surface area contributed by atoms with E-state index in [-0.39, 0.29) is 0 Å². The molecule has 0 saturated heterocycles. The van der Waals surface area contributed by atoms with Gasteiger partial charge in [-0.25, -0.2) is 0 Å². The molecule has 1 aromatic carbocycles. The fraction of sp³-hybridized carbons (Fsp3) is 0.538. The predicted molar refractivity (Wildman–Crippen MR) is 62.0 cm³/mol. The van der Waals surface area contributed by atoms with Gasteiger partial charge in [-0.05, 0) is 44.4 Å². The van der Waals surface area contributed by atoms with Gasteiger partial charge in [0.15, 0.2) is 0 Å². The highest BCUT2D eigenvalue weighted by atomic mass is 16.3. The molecule has 1 aromatic rings. The summed E-state index contributed by atoms with van der Waals surface area (Å²) in [6.07, 6.45) is -0.828. The average molecular weight is 208 g/mol. The van der Waals surface area contributed by atoms with E-state index in [9.17, 15) is 10.2 Å². The monoisotopic (exact) mass is 208 g/mol. The molecule has 0 aromatic heterocycles. The molecule has 2 unspecified atom stereocenters. The third kappa shape index (κ3) is 3.05. The van der Waals surface area contributed by atoms with Crippen LogP contribution in [0.2, 0.25) is 0 Å². The van der Waals surface area contributed by atoms with Crippen molar-refractivity contribution < 1.29 is 10.2 Å². The van der Waals surface area contributed by atoms with E-state index in [0.29, 0.717) is 6.42 Å². The van der Waals surface area contributed by atoms with E-state index in [4.69, 9.17) is 0 Å². The minimum atomic E-state index is -0.676. The molecule has 0 aliphatic heterocycles. The Morgan fingerprint density at radius 3 is 1.93 bits per heavy atom. The van der Waals surface area contributed by atoms with Crippen LogP contribution in [0.3, 0.4) is 0 Å². The Balaban J connectivity index is 2.95. The van der Waals surface area contributed by atoms with Gasteiger partial charge >= 0.3 is 0 Å². The fourth-order valence-corrected chi connectivity index (χ4v) is 1.91. The Morgan fingerprint density at radius 1 is 1.07 bits per heavy atom. The fourth-order valence-electron chi connectivity index (χ4n) is 1.91. The summed E-state index contributed by atoms with van der Waals surface area (Å²) in [6, 6.07) is 4.22. The van der Waals surface area contributed by atoms with Gasteiger partial charge in [-0.3, -0.25) is 0 Å². The first kappa shape index (κ1) is 12.2. The van der Waals surface area contributed by atoms with Crippen LogP contribution in [0.15, 0.2) is 12.1 Å². The lowest BCUT2D eigenvalue weighted by molar-refractivity contribution is 0.0318. The lowest BCUT2D eigenvalue weighted by Crippen LogP contribution is -2.25. The SMILES string of the molecule is Cc1cc(C)c(CC(O)C(C)O)c(C)c1. The zero-order valence-corrected chi connectivity index (χ0v) is 9.91. The molecule has 84 valence electrons. The van der Waals surface area contributed by atoms with Crippen LogP contribution in [0.1, 0.15) is 29.2 Å². The Hall–Kier alpha value is -0.860. The molecule has 0 amide bonds. The quantitative estimate of drug-likeness (QED) is 0.796. The molecule has 0 saturated carbocycles. The molecule has 15 heavy (non-hydrogen) atoms. The van der Waals surface area contributed by atoms with Gasteiger partial charge in [0, 0.05) is 6.42 Å². The summed E-state index contributed by atoms with van der Waals surface area (Å²) < 4.78 is 0. The maximum atomic E-state index is 9.65. The van der Waals surface area contributed by atoms with E-state index in [2.05, 4.69) is 19.1 Å². The van der Waals surface area contributed by atoms with Gasteiger partial charge in [-0.1, -0.05) is 17.7 Å². The Kier molecular flexibility index (Phi) is 3.89. The number of benzene rings is 1. The maximum Gasteiger partial charge on any atom is 0.0836 e. The van der Waals surface area contributed by atoms with Crippen LogP contribution in [-0.4, -0.2) is 22.4 Å². The predicted octanol–water partition coefficient (Wildman–Crippen LogP) is 1.90. The van der Waals surface area contributed by atoms with E-state index >= 15 is 0 Å². The van der Waals surface area contributed by atoms with Crippen molar-refractivity contribution in [2.24, 2.45) is 0 Å². The zero-order chi connectivity index (χ0) is 11.6.